The summed E-state index contributed by atoms with van der Waals surface area (Å²) in [5, 5.41) is 7.97. The lowest BCUT2D eigenvalue weighted by Gasteiger charge is -2.27. The minimum Gasteiger partial charge on any atom is -0.396 e. The second-order valence-corrected chi connectivity index (χ2v) is 2.25. The molecule has 0 aliphatic carbocycles. The van der Waals surface area contributed by atoms with Gasteiger partial charge in [0.25, 0.3) is 0 Å². The predicted octanol–water partition coefficient (Wildman–Crippen LogP) is 2.13. The molecule has 0 radical (unpaired) electrons. The maximum Gasteiger partial charge on any atom is 0.525 e. The summed E-state index contributed by atoms with van der Waals surface area (Å²) in [4.78, 5) is 0. The highest BCUT2D eigenvalue weighted by atomic mass is 19.4. The SMILES string of the molecule is OCC[C@](F)(OC(F)(F)F)C(F)(F)F. The molecule has 0 rings (SSSR count). The fourth-order valence-electron chi connectivity index (χ4n) is 0.578. The Hall–Kier alpha value is -0.570. The van der Waals surface area contributed by atoms with Gasteiger partial charge in [0.15, 0.2) is 0 Å². The Kier molecular flexibility index (Phi) is 3.73. The molecule has 2 nitrogen and oxygen atoms in total. The van der Waals surface area contributed by atoms with E-state index in [1.54, 1.807) is 0 Å². The lowest BCUT2D eigenvalue weighted by molar-refractivity contribution is -0.449. The molecule has 1 atom stereocenters. The molecular weight excluding hydrogens is 225 g/mol. The zero-order chi connectivity index (χ0) is 11.6. The number of hydrogen-bond donors (Lipinski definition) is 1. The van der Waals surface area contributed by atoms with Crippen molar-refractivity contribution in [1.82, 2.24) is 0 Å². The Labute approximate surface area is 73.3 Å². The molecule has 0 aromatic carbocycles. The van der Waals surface area contributed by atoms with Crippen LogP contribution < -0.4 is 0 Å². The van der Waals surface area contributed by atoms with E-state index in [0.717, 1.165) is 0 Å². The second-order valence-electron chi connectivity index (χ2n) is 2.25. The van der Waals surface area contributed by atoms with E-state index >= 15 is 0 Å². The number of aliphatic hydroxyl groups excluding tert-OH is 1. The molecule has 0 heterocycles. The third-order valence-corrected chi connectivity index (χ3v) is 1.13. The van der Waals surface area contributed by atoms with Crippen LogP contribution in [0.5, 0.6) is 0 Å². The fourth-order valence-corrected chi connectivity index (χ4v) is 0.578. The highest BCUT2D eigenvalue weighted by Gasteiger charge is 2.62. The van der Waals surface area contributed by atoms with E-state index in [1.807, 2.05) is 0 Å². The minimum absolute atomic E-state index is 1.42. The quantitative estimate of drug-likeness (QED) is 0.752. The van der Waals surface area contributed by atoms with Crippen molar-refractivity contribution in [3.8, 4) is 0 Å². The molecular formula is C5H5F7O2. The zero-order valence-corrected chi connectivity index (χ0v) is 6.42. The Balaban J connectivity index is 4.74. The first-order chi connectivity index (χ1) is 6.02. The standard InChI is InChI=1S/C5H5F7O2/c6-3(1-2-13,4(7,8)9)14-5(10,11)12/h13H,1-2H2/t3-/m0/s1. The maximum atomic E-state index is 12.6. The number of aliphatic hydroxyl groups is 1. The zero-order valence-electron chi connectivity index (χ0n) is 6.42. The van der Waals surface area contributed by atoms with E-state index in [2.05, 4.69) is 4.74 Å². The summed E-state index contributed by atoms with van der Waals surface area (Å²) in [5.74, 6) is -4.90. The number of hydrogen-bond acceptors (Lipinski definition) is 2. The molecule has 14 heavy (non-hydrogen) atoms. The Morgan fingerprint density at radius 3 is 1.57 bits per heavy atom. The average molecular weight is 230 g/mol. The Morgan fingerprint density at radius 1 is 0.929 bits per heavy atom. The average Bonchev–Trinajstić information content (AvgIpc) is 1.79. The van der Waals surface area contributed by atoms with Crippen molar-refractivity contribution in [3.05, 3.63) is 0 Å². The summed E-state index contributed by atoms with van der Waals surface area (Å²) in [6, 6.07) is 0. The number of halogens is 7. The van der Waals surface area contributed by atoms with Crippen LogP contribution in [-0.4, -0.2) is 30.1 Å². The van der Waals surface area contributed by atoms with Crippen LogP contribution in [0, 0.1) is 0 Å². The molecule has 0 saturated heterocycles. The second kappa shape index (κ2) is 3.89. The van der Waals surface area contributed by atoms with Crippen molar-refractivity contribution in [2.75, 3.05) is 6.61 Å². The fraction of sp³-hybridized carbons (Fsp3) is 1.00. The molecule has 1 N–H and O–H groups in total. The Morgan fingerprint density at radius 2 is 1.36 bits per heavy atom. The molecule has 0 aliphatic heterocycles. The first kappa shape index (κ1) is 13.4. The highest BCUT2D eigenvalue weighted by molar-refractivity contribution is 4.77. The van der Waals surface area contributed by atoms with Gasteiger partial charge in [-0.25, -0.2) is 9.13 Å². The van der Waals surface area contributed by atoms with Gasteiger partial charge in [0.1, 0.15) is 0 Å². The van der Waals surface area contributed by atoms with E-state index in [9.17, 15) is 30.7 Å². The lowest BCUT2D eigenvalue weighted by Crippen LogP contribution is -2.47. The van der Waals surface area contributed by atoms with Crippen LogP contribution >= 0.6 is 0 Å². The van der Waals surface area contributed by atoms with Gasteiger partial charge in [-0.1, -0.05) is 0 Å². The molecule has 0 aliphatic rings. The number of rotatable bonds is 3. The van der Waals surface area contributed by atoms with E-state index in [-0.39, 0.29) is 0 Å². The van der Waals surface area contributed by atoms with E-state index < -0.39 is 31.4 Å². The van der Waals surface area contributed by atoms with Gasteiger partial charge in [-0.15, -0.1) is 13.2 Å². The topological polar surface area (TPSA) is 29.5 Å². The van der Waals surface area contributed by atoms with Crippen LogP contribution in [0.2, 0.25) is 0 Å². The number of ether oxygens (including phenoxy) is 1. The van der Waals surface area contributed by atoms with Gasteiger partial charge in [0, 0.05) is 13.0 Å². The van der Waals surface area contributed by atoms with Crippen molar-refractivity contribution >= 4 is 0 Å². The maximum absolute atomic E-state index is 12.6. The van der Waals surface area contributed by atoms with Gasteiger partial charge >= 0.3 is 18.4 Å². The molecule has 9 heteroatoms. The van der Waals surface area contributed by atoms with Crippen LogP contribution in [-0.2, 0) is 4.74 Å². The van der Waals surface area contributed by atoms with Crippen molar-refractivity contribution in [3.63, 3.8) is 0 Å². The molecule has 0 fully saturated rings. The minimum atomic E-state index is -5.86. The van der Waals surface area contributed by atoms with Crippen molar-refractivity contribution in [2.45, 2.75) is 24.8 Å². The summed E-state index contributed by atoms with van der Waals surface area (Å²) >= 11 is 0. The van der Waals surface area contributed by atoms with Gasteiger partial charge in [-0.3, -0.25) is 0 Å². The van der Waals surface area contributed by atoms with Gasteiger partial charge in [-0.2, -0.15) is 13.2 Å². The van der Waals surface area contributed by atoms with Crippen molar-refractivity contribution in [1.29, 1.82) is 0 Å². The van der Waals surface area contributed by atoms with Crippen LogP contribution in [0.25, 0.3) is 0 Å². The molecule has 0 bridgehead atoms. The monoisotopic (exact) mass is 230 g/mol. The largest absolute Gasteiger partial charge is 0.525 e. The molecule has 0 aromatic rings. The third kappa shape index (κ3) is 3.66. The van der Waals surface area contributed by atoms with Gasteiger partial charge < -0.3 is 5.11 Å². The summed E-state index contributed by atoms with van der Waals surface area (Å²) in [7, 11) is 0. The summed E-state index contributed by atoms with van der Waals surface area (Å²) in [6.07, 6.45) is -13.5. The van der Waals surface area contributed by atoms with Crippen molar-refractivity contribution < 1.29 is 40.6 Å². The summed E-state index contributed by atoms with van der Waals surface area (Å²) < 4.78 is 84.1. The molecule has 0 saturated carbocycles. The molecule has 0 unspecified atom stereocenters. The number of alkyl halides is 7. The van der Waals surface area contributed by atoms with Crippen LogP contribution in [0.1, 0.15) is 6.42 Å². The first-order valence-electron chi connectivity index (χ1n) is 3.15. The molecule has 0 spiro atoms. The van der Waals surface area contributed by atoms with E-state index in [1.165, 1.54) is 0 Å². The highest BCUT2D eigenvalue weighted by Crippen LogP contribution is 2.41. The first-order valence-corrected chi connectivity index (χ1v) is 3.15. The van der Waals surface area contributed by atoms with Gasteiger partial charge in [0.2, 0.25) is 0 Å². The lowest BCUT2D eigenvalue weighted by atomic mass is 10.2. The Bertz CT molecular complexity index is 185. The molecule has 86 valence electrons. The molecule has 0 amide bonds. The molecule has 0 aromatic heterocycles. The van der Waals surface area contributed by atoms with E-state index in [4.69, 9.17) is 5.11 Å². The van der Waals surface area contributed by atoms with Gasteiger partial charge in [-0.05, 0) is 0 Å². The van der Waals surface area contributed by atoms with Crippen LogP contribution in [0.4, 0.5) is 30.7 Å². The smallest absolute Gasteiger partial charge is 0.396 e. The summed E-state index contributed by atoms with van der Waals surface area (Å²) in [6.45, 7) is -1.42. The van der Waals surface area contributed by atoms with Crippen LogP contribution in [0.15, 0.2) is 0 Å². The van der Waals surface area contributed by atoms with Crippen molar-refractivity contribution in [2.24, 2.45) is 0 Å². The van der Waals surface area contributed by atoms with Gasteiger partial charge in [0.05, 0.1) is 0 Å². The van der Waals surface area contributed by atoms with Crippen LogP contribution in [0.3, 0.4) is 0 Å². The third-order valence-electron chi connectivity index (χ3n) is 1.13. The normalized spacial score (nSPS) is 18.0. The predicted molar refractivity (Wildman–Crippen MR) is 28.7 cm³/mol. The summed E-state index contributed by atoms with van der Waals surface area (Å²) in [5.41, 5.74) is 0. The van der Waals surface area contributed by atoms with E-state index in [0.29, 0.717) is 0 Å².